The van der Waals surface area contributed by atoms with Crippen molar-refractivity contribution in [1.82, 2.24) is 0 Å². The number of nitrogens with zero attached hydrogens (tertiary/aromatic N) is 1. The molecular formula is C21H18NO+. The average molecular weight is 300 g/mol. The molecule has 2 nitrogen and oxygen atoms in total. The van der Waals surface area contributed by atoms with Gasteiger partial charge in [0.2, 0.25) is 0 Å². The Morgan fingerprint density at radius 1 is 0.783 bits per heavy atom. The minimum absolute atomic E-state index is 0.898. The first-order valence-electron chi connectivity index (χ1n) is 7.72. The molecule has 3 aromatic carbocycles. The minimum atomic E-state index is 0.898. The second kappa shape index (κ2) is 5.40. The lowest BCUT2D eigenvalue weighted by molar-refractivity contribution is -0.643. The van der Waals surface area contributed by atoms with E-state index in [0.717, 1.165) is 11.3 Å². The summed E-state index contributed by atoms with van der Waals surface area (Å²) in [7, 11) is 3.80. The molecule has 1 aromatic heterocycles. The quantitative estimate of drug-likeness (QED) is 0.392. The number of pyridine rings is 1. The molecule has 112 valence electrons. The molecule has 0 aliphatic rings. The Balaban J connectivity index is 2.15. The average Bonchev–Trinajstić information content (AvgIpc) is 2.61. The summed E-state index contributed by atoms with van der Waals surface area (Å²) in [5.41, 5.74) is 3.49. The van der Waals surface area contributed by atoms with Gasteiger partial charge in [-0.3, -0.25) is 0 Å². The highest BCUT2D eigenvalue weighted by molar-refractivity contribution is 6.07. The number of hydrogen-bond donors (Lipinski definition) is 0. The smallest absolute Gasteiger partial charge is 0.255 e. The predicted octanol–water partition coefficient (Wildman–Crippen LogP) is 4.49. The van der Waals surface area contributed by atoms with Gasteiger partial charge in [0.25, 0.3) is 5.52 Å². The van der Waals surface area contributed by atoms with Crippen LogP contribution in [0.2, 0.25) is 0 Å². The number of fused-ring (bicyclic) bond motifs is 3. The highest BCUT2D eigenvalue weighted by atomic mass is 16.5. The fourth-order valence-electron chi connectivity index (χ4n) is 3.26. The van der Waals surface area contributed by atoms with Crippen molar-refractivity contribution in [3.63, 3.8) is 0 Å². The fraction of sp³-hybridized carbons (Fsp3) is 0.0952. The van der Waals surface area contributed by atoms with Crippen molar-refractivity contribution in [2.45, 2.75) is 0 Å². The zero-order valence-corrected chi connectivity index (χ0v) is 13.3. The van der Waals surface area contributed by atoms with E-state index in [-0.39, 0.29) is 0 Å². The second-order valence-electron chi connectivity index (χ2n) is 5.77. The molecule has 0 N–H and O–H groups in total. The Labute approximate surface area is 135 Å². The van der Waals surface area contributed by atoms with Crippen LogP contribution in [0.15, 0.2) is 72.9 Å². The molecule has 4 rings (SSSR count). The third-order valence-electron chi connectivity index (χ3n) is 4.34. The summed E-state index contributed by atoms with van der Waals surface area (Å²) in [6.07, 6.45) is 2.16. The molecular weight excluding hydrogens is 282 g/mol. The zero-order valence-electron chi connectivity index (χ0n) is 13.3. The summed E-state index contributed by atoms with van der Waals surface area (Å²) < 4.78 is 7.84. The van der Waals surface area contributed by atoms with E-state index in [0.29, 0.717) is 0 Å². The molecule has 2 heteroatoms. The Bertz CT molecular complexity index is 1010. The van der Waals surface area contributed by atoms with Crippen molar-refractivity contribution in [2.24, 2.45) is 7.05 Å². The summed E-state index contributed by atoms with van der Waals surface area (Å²) >= 11 is 0. The van der Waals surface area contributed by atoms with Gasteiger partial charge in [-0.05, 0) is 29.3 Å². The van der Waals surface area contributed by atoms with Gasteiger partial charge >= 0.3 is 0 Å². The second-order valence-corrected chi connectivity index (χ2v) is 5.77. The number of methoxy groups -OCH3 is 1. The van der Waals surface area contributed by atoms with E-state index < -0.39 is 0 Å². The first kappa shape index (κ1) is 13.8. The summed E-state index contributed by atoms with van der Waals surface area (Å²) in [6, 6.07) is 23.3. The van der Waals surface area contributed by atoms with Crippen LogP contribution in [0.5, 0.6) is 5.75 Å². The van der Waals surface area contributed by atoms with Crippen LogP contribution in [0.3, 0.4) is 0 Å². The van der Waals surface area contributed by atoms with Crippen LogP contribution >= 0.6 is 0 Å². The summed E-state index contributed by atoms with van der Waals surface area (Å²) in [6.45, 7) is 0. The molecule has 0 radical (unpaired) electrons. The molecule has 0 spiro atoms. The van der Waals surface area contributed by atoms with Gasteiger partial charge in [0, 0.05) is 10.8 Å². The maximum absolute atomic E-state index is 5.70. The molecule has 0 saturated carbocycles. The number of ether oxygens (including phenoxy) is 1. The van der Waals surface area contributed by atoms with E-state index in [1.807, 2.05) is 6.07 Å². The van der Waals surface area contributed by atoms with Crippen LogP contribution in [0, 0.1) is 0 Å². The van der Waals surface area contributed by atoms with Crippen molar-refractivity contribution in [3.05, 3.63) is 72.9 Å². The van der Waals surface area contributed by atoms with Crippen molar-refractivity contribution < 1.29 is 9.30 Å². The predicted molar refractivity (Wildman–Crippen MR) is 94.6 cm³/mol. The third-order valence-corrected chi connectivity index (χ3v) is 4.34. The fourth-order valence-corrected chi connectivity index (χ4v) is 3.26. The lowest BCUT2D eigenvalue weighted by atomic mass is 9.99. The van der Waals surface area contributed by atoms with Crippen LogP contribution < -0.4 is 9.30 Å². The molecule has 0 bridgehead atoms. The van der Waals surface area contributed by atoms with Crippen LogP contribution in [0.1, 0.15) is 0 Å². The molecule has 0 aliphatic carbocycles. The van der Waals surface area contributed by atoms with Crippen molar-refractivity contribution >= 4 is 21.7 Å². The largest absolute Gasteiger partial charge is 0.490 e. The van der Waals surface area contributed by atoms with Gasteiger partial charge in [-0.25, -0.2) is 0 Å². The van der Waals surface area contributed by atoms with E-state index in [1.165, 1.54) is 27.3 Å². The minimum Gasteiger partial charge on any atom is -0.490 e. The van der Waals surface area contributed by atoms with Crippen LogP contribution in [0.4, 0.5) is 0 Å². The van der Waals surface area contributed by atoms with E-state index in [4.69, 9.17) is 4.74 Å². The Morgan fingerprint density at radius 2 is 1.52 bits per heavy atom. The van der Waals surface area contributed by atoms with Gasteiger partial charge in [0.1, 0.15) is 7.05 Å². The van der Waals surface area contributed by atoms with E-state index in [2.05, 4.69) is 78.5 Å². The number of rotatable bonds is 2. The van der Waals surface area contributed by atoms with Crippen LogP contribution in [-0.2, 0) is 7.05 Å². The van der Waals surface area contributed by atoms with E-state index in [9.17, 15) is 0 Å². The highest BCUT2D eigenvalue weighted by Crippen LogP contribution is 2.34. The molecule has 0 unspecified atom stereocenters. The van der Waals surface area contributed by atoms with E-state index in [1.54, 1.807) is 7.11 Å². The van der Waals surface area contributed by atoms with Gasteiger partial charge in [0.15, 0.2) is 11.9 Å². The lowest BCUT2D eigenvalue weighted by Gasteiger charge is -2.10. The van der Waals surface area contributed by atoms with Gasteiger partial charge < -0.3 is 4.74 Å². The third kappa shape index (κ3) is 2.23. The first-order valence-corrected chi connectivity index (χ1v) is 7.72. The Kier molecular flexibility index (Phi) is 3.23. The molecule has 1 heterocycles. The highest BCUT2D eigenvalue weighted by Gasteiger charge is 2.17. The Hall–Kier alpha value is -2.87. The number of aryl methyl sites for hydroxylation is 1. The van der Waals surface area contributed by atoms with Crippen LogP contribution in [-0.4, -0.2) is 7.11 Å². The molecule has 23 heavy (non-hydrogen) atoms. The topological polar surface area (TPSA) is 13.1 Å². The van der Waals surface area contributed by atoms with Crippen molar-refractivity contribution in [2.75, 3.05) is 7.11 Å². The Morgan fingerprint density at radius 3 is 2.30 bits per heavy atom. The summed E-state index contributed by atoms with van der Waals surface area (Å²) in [4.78, 5) is 0. The molecule has 0 fully saturated rings. The van der Waals surface area contributed by atoms with Gasteiger partial charge in [-0.1, -0.05) is 48.5 Å². The first-order chi connectivity index (χ1) is 11.3. The van der Waals surface area contributed by atoms with Crippen molar-refractivity contribution in [3.8, 4) is 16.9 Å². The number of aromatic nitrogens is 1. The molecule has 0 atom stereocenters. The molecule has 4 aromatic rings. The van der Waals surface area contributed by atoms with Gasteiger partial charge in [-0.15, -0.1) is 0 Å². The number of hydrogen-bond acceptors (Lipinski definition) is 1. The SMILES string of the molecule is COc1cc(-c2ccccc2)cc2c3ccccc3c[n+](C)c12. The lowest BCUT2D eigenvalue weighted by Crippen LogP contribution is -2.28. The molecule has 0 saturated heterocycles. The van der Waals surface area contributed by atoms with Gasteiger partial charge in [0.05, 0.1) is 12.5 Å². The van der Waals surface area contributed by atoms with E-state index >= 15 is 0 Å². The standard InChI is InChI=1S/C21H18NO/c1-22-14-16-10-6-7-11-18(16)19-12-17(13-20(23-2)21(19)22)15-8-4-3-5-9-15/h3-14H,1-2H3/q+1. The monoisotopic (exact) mass is 300 g/mol. The normalized spacial score (nSPS) is 11.0. The van der Waals surface area contributed by atoms with Gasteiger partial charge in [-0.2, -0.15) is 4.57 Å². The maximum Gasteiger partial charge on any atom is 0.255 e. The zero-order chi connectivity index (χ0) is 15.8. The number of benzene rings is 3. The van der Waals surface area contributed by atoms with Crippen LogP contribution in [0.25, 0.3) is 32.8 Å². The molecule has 0 aliphatic heterocycles. The molecule has 0 amide bonds. The summed E-state index contributed by atoms with van der Waals surface area (Å²) in [5, 5.41) is 3.69. The van der Waals surface area contributed by atoms with Crippen molar-refractivity contribution in [1.29, 1.82) is 0 Å². The maximum atomic E-state index is 5.70. The summed E-state index contributed by atoms with van der Waals surface area (Å²) in [5.74, 6) is 0.898.